The van der Waals surface area contributed by atoms with Gasteiger partial charge in [0.15, 0.2) is 0 Å². The third kappa shape index (κ3) is 2.72. The van der Waals surface area contributed by atoms with E-state index in [1.54, 1.807) is 35.0 Å². The summed E-state index contributed by atoms with van der Waals surface area (Å²) in [5.74, 6) is 0.368. The van der Waals surface area contributed by atoms with Crippen LogP contribution in [0.25, 0.3) is 11.0 Å². The van der Waals surface area contributed by atoms with E-state index in [0.29, 0.717) is 16.5 Å². The summed E-state index contributed by atoms with van der Waals surface area (Å²) >= 11 is 6.04. The first-order valence-electron chi connectivity index (χ1n) is 8.21. The molecule has 0 radical (unpaired) electrons. The Morgan fingerprint density at radius 1 is 1.21 bits per heavy atom. The van der Waals surface area contributed by atoms with Gasteiger partial charge in [-0.3, -0.25) is 14.3 Å². The van der Waals surface area contributed by atoms with E-state index in [0.717, 1.165) is 37.0 Å². The van der Waals surface area contributed by atoms with Gasteiger partial charge in [-0.2, -0.15) is 0 Å². The zero-order chi connectivity index (χ0) is 16.5. The quantitative estimate of drug-likeness (QED) is 0.771. The highest BCUT2D eigenvalue weighted by Gasteiger charge is 2.23. The highest BCUT2D eigenvalue weighted by molar-refractivity contribution is 6.31. The molecule has 24 heavy (non-hydrogen) atoms. The fourth-order valence-electron chi connectivity index (χ4n) is 3.44. The molecule has 1 fully saturated rings. The number of rotatable bonds is 2. The van der Waals surface area contributed by atoms with Crippen LogP contribution in [0.15, 0.2) is 48.8 Å². The molecular formula is C19H18ClN3O. The van der Waals surface area contributed by atoms with Crippen molar-refractivity contribution >= 4 is 28.5 Å². The zero-order valence-electron chi connectivity index (χ0n) is 13.2. The second-order valence-electron chi connectivity index (χ2n) is 6.17. The highest BCUT2D eigenvalue weighted by Crippen LogP contribution is 2.32. The summed E-state index contributed by atoms with van der Waals surface area (Å²) in [6, 6.07) is 10.9. The predicted molar refractivity (Wildman–Crippen MR) is 95.8 cm³/mol. The molecule has 4 rings (SSSR count). The van der Waals surface area contributed by atoms with Crippen molar-refractivity contribution in [3.05, 3.63) is 64.9 Å². The van der Waals surface area contributed by atoms with Gasteiger partial charge >= 0.3 is 0 Å². The van der Waals surface area contributed by atoms with Crippen molar-refractivity contribution in [3.8, 4) is 0 Å². The van der Waals surface area contributed by atoms with Crippen LogP contribution < -0.4 is 5.32 Å². The Balaban J connectivity index is 1.82. The standard InChI is InChI=1S/C19H18ClN3O/c20-15-4-1-3-14(11-15)19(24)23-12-16(13-6-9-21-10-7-13)18-17(23)5-2-8-22-18/h1-5,8,11-13,21H,6-7,9-10H2. The first kappa shape index (κ1) is 15.4. The number of halogens is 1. The van der Waals surface area contributed by atoms with Crippen molar-refractivity contribution in [2.24, 2.45) is 0 Å². The summed E-state index contributed by atoms with van der Waals surface area (Å²) in [4.78, 5) is 17.5. The molecule has 1 aromatic carbocycles. The van der Waals surface area contributed by atoms with E-state index in [1.165, 1.54) is 5.56 Å². The minimum Gasteiger partial charge on any atom is -0.317 e. The molecule has 1 aliphatic rings. The first-order valence-corrected chi connectivity index (χ1v) is 8.59. The fourth-order valence-corrected chi connectivity index (χ4v) is 3.63. The molecule has 122 valence electrons. The largest absolute Gasteiger partial charge is 0.317 e. The van der Waals surface area contributed by atoms with E-state index in [9.17, 15) is 4.79 Å². The monoisotopic (exact) mass is 339 g/mol. The molecule has 3 heterocycles. The lowest BCUT2D eigenvalue weighted by Crippen LogP contribution is -2.26. The first-order chi connectivity index (χ1) is 11.7. The number of fused-ring (bicyclic) bond motifs is 1. The molecule has 0 saturated carbocycles. The second-order valence-corrected chi connectivity index (χ2v) is 6.60. The lowest BCUT2D eigenvalue weighted by atomic mass is 9.91. The molecule has 2 aromatic heterocycles. The summed E-state index contributed by atoms with van der Waals surface area (Å²) < 4.78 is 1.71. The number of hydrogen-bond acceptors (Lipinski definition) is 3. The SMILES string of the molecule is O=C(c1cccc(Cl)c1)n1cc(C2CCNCC2)c2ncccc21. The number of aromatic nitrogens is 2. The molecular weight excluding hydrogens is 322 g/mol. The van der Waals surface area contributed by atoms with Gasteiger partial charge in [0.2, 0.25) is 0 Å². The molecule has 4 nitrogen and oxygen atoms in total. The van der Waals surface area contributed by atoms with Gasteiger partial charge in [-0.05, 0) is 67.7 Å². The smallest absolute Gasteiger partial charge is 0.262 e. The van der Waals surface area contributed by atoms with Gasteiger partial charge in [0.05, 0.1) is 11.0 Å². The predicted octanol–water partition coefficient (Wildman–Crippen LogP) is 3.85. The summed E-state index contributed by atoms with van der Waals surface area (Å²) in [7, 11) is 0. The Morgan fingerprint density at radius 2 is 2.04 bits per heavy atom. The number of nitrogens with one attached hydrogen (secondary N) is 1. The van der Waals surface area contributed by atoms with Crippen molar-refractivity contribution in [2.45, 2.75) is 18.8 Å². The topological polar surface area (TPSA) is 46.9 Å². The van der Waals surface area contributed by atoms with Gasteiger partial charge in [-0.25, -0.2) is 0 Å². The van der Waals surface area contributed by atoms with Gasteiger partial charge in [0.1, 0.15) is 0 Å². The van der Waals surface area contributed by atoms with Gasteiger partial charge in [-0.1, -0.05) is 17.7 Å². The highest BCUT2D eigenvalue weighted by atomic mass is 35.5. The molecule has 0 amide bonds. The van der Waals surface area contributed by atoms with E-state index in [2.05, 4.69) is 10.3 Å². The summed E-state index contributed by atoms with van der Waals surface area (Å²) in [5.41, 5.74) is 3.54. The summed E-state index contributed by atoms with van der Waals surface area (Å²) in [5, 5.41) is 3.95. The number of nitrogens with zero attached hydrogens (tertiary/aromatic N) is 2. The number of piperidine rings is 1. The van der Waals surface area contributed by atoms with Gasteiger partial charge in [-0.15, -0.1) is 0 Å². The summed E-state index contributed by atoms with van der Waals surface area (Å²) in [6.07, 6.45) is 5.90. The van der Waals surface area contributed by atoms with Crippen LogP contribution in [0.3, 0.4) is 0 Å². The van der Waals surface area contributed by atoms with Crippen molar-refractivity contribution in [1.29, 1.82) is 0 Å². The van der Waals surface area contributed by atoms with E-state index in [1.807, 2.05) is 18.3 Å². The second kappa shape index (κ2) is 6.38. The molecule has 0 spiro atoms. The molecule has 1 N–H and O–H groups in total. The lowest BCUT2D eigenvalue weighted by molar-refractivity contribution is 0.0964. The van der Waals surface area contributed by atoms with Gasteiger partial charge in [0.25, 0.3) is 5.91 Å². The van der Waals surface area contributed by atoms with Crippen LogP contribution in [0.4, 0.5) is 0 Å². The maximum absolute atomic E-state index is 13.0. The molecule has 0 unspecified atom stereocenters. The molecule has 3 aromatic rings. The van der Waals surface area contributed by atoms with Gasteiger partial charge in [0, 0.05) is 23.0 Å². The van der Waals surface area contributed by atoms with E-state index >= 15 is 0 Å². The van der Waals surface area contributed by atoms with Crippen LogP contribution in [-0.4, -0.2) is 28.5 Å². The Morgan fingerprint density at radius 3 is 2.83 bits per heavy atom. The number of pyridine rings is 1. The van der Waals surface area contributed by atoms with Crippen LogP contribution in [-0.2, 0) is 0 Å². The average molecular weight is 340 g/mol. The third-order valence-corrected chi connectivity index (χ3v) is 4.89. The van der Waals surface area contributed by atoms with Gasteiger partial charge < -0.3 is 5.32 Å². The maximum atomic E-state index is 13.0. The maximum Gasteiger partial charge on any atom is 0.262 e. The molecule has 1 saturated heterocycles. The van der Waals surface area contributed by atoms with Crippen molar-refractivity contribution < 1.29 is 4.79 Å². The van der Waals surface area contributed by atoms with Crippen LogP contribution in [0.1, 0.15) is 34.7 Å². The normalized spacial score (nSPS) is 15.7. The zero-order valence-corrected chi connectivity index (χ0v) is 14.0. The van der Waals surface area contributed by atoms with Crippen molar-refractivity contribution in [3.63, 3.8) is 0 Å². The summed E-state index contributed by atoms with van der Waals surface area (Å²) in [6.45, 7) is 2.01. The van der Waals surface area contributed by atoms with E-state index in [-0.39, 0.29) is 5.91 Å². The molecule has 0 aliphatic carbocycles. The van der Waals surface area contributed by atoms with Crippen LogP contribution in [0, 0.1) is 0 Å². The number of carbonyl (C=O) groups is 1. The molecule has 0 bridgehead atoms. The lowest BCUT2D eigenvalue weighted by Gasteiger charge is -2.21. The number of hydrogen-bond donors (Lipinski definition) is 1. The number of benzene rings is 1. The van der Waals surface area contributed by atoms with Crippen LogP contribution in [0.2, 0.25) is 5.02 Å². The van der Waals surface area contributed by atoms with Crippen LogP contribution >= 0.6 is 11.6 Å². The fraction of sp³-hybridized carbons (Fsp3) is 0.263. The Hall–Kier alpha value is -2.17. The molecule has 1 aliphatic heterocycles. The minimum atomic E-state index is -0.0734. The van der Waals surface area contributed by atoms with Crippen molar-refractivity contribution in [2.75, 3.05) is 13.1 Å². The van der Waals surface area contributed by atoms with Crippen molar-refractivity contribution in [1.82, 2.24) is 14.9 Å². The Kier molecular flexibility index (Phi) is 4.08. The average Bonchev–Trinajstić information content (AvgIpc) is 3.01. The van der Waals surface area contributed by atoms with Crippen LogP contribution in [0.5, 0.6) is 0 Å². The van der Waals surface area contributed by atoms with E-state index < -0.39 is 0 Å². The molecule has 0 atom stereocenters. The number of carbonyl (C=O) groups excluding carboxylic acids is 1. The van der Waals surface area contributed by atoms with E-state index in [4.69, 9.17) is 11.6 Å². The Labute approximate surface area is 145 Å². The third-order valence-electron chi connectivity index (χ3n) is 4.66. The molecule has 5 heteroatoms. The minimum absolute atomic E-state index is 0.0734. The Bertz CT molecular complexity index is 897.